The van der Waals surface area contributed by atoms with Crippen LogP contribution in [-0.4, -0.2) is 4.57 Å². The number of nitrogens with zero attached hydrogens (tertiary/aromatic N) is 1. The Morgan fingerprint density at radius 2 is 1.14 bits per heavy atom. The first-order valence-electron chi connectivity index (χ1n) is 4.43. The third-order valence-electron chi connectivity index (χ3n) is 2.36. The molecule has 0 spiro atoms. The van der Waals surface area contributed by atoms with Crippen LogP contribution in [-0.2, 0) is 7.05 Å². The van der Waals surface area contributed by atoms with Crippen molar-refractivity contribution in [2.45, 2.75) is 0 Å². The van der Waals surface area contributed by atoms with E-state index < -0.39 is 0 Å². The third kappa shape index (κ3) is 1.27. The molecule has 0 amide bonds. The average molecular weight is 185 g/mol. The van der Waals surface area contributed by atoms with Gasteiger partial charge in [0.05, 0.1) is 0 Å². The minimum absolute atomic E-state index is 1.05. The number of hydrogen-bond acceptors (Lipinski definition) is 0. The molecule has 14 heavy (non-hydrogen) atoms. The van der Waals surface area contributed by atoms with Crippen LogP contribution in [0.5, 0.6) is 0 Å². The van der Waals surface area contributed by atoms with E-state index in [-0.39, 0.29) is 0 Å². The highest BCUT2D eigenvalue weighted by Crippen LogP contribution is 2.26. The summed E-state index contributed by atoms with van der Waals surface area (Å²) >= 11 is 0. The van der Waals surface area contributed by atoms with Crippen LogP contribution in [0.2, 0.25) is 0 Å². The van der Waals surface area contributed by atoms with Crippen LogP contribution in [0.4, 0.5) is 0 Å². The zero-order chi connectivity index (χ0) is 10.7. The van der Waals surface area contributed by atoms with Crippen LogP contribution in [0.1, 0.15) is 22.5 Å². The van der Waals surface area contributed by atoms with Gasteiger partial charge in [-0.15, -0.1) is 0 Å². The Labute approximate surface area is 85.4 Å². The molecule has 0 saturated heterocycles. The predicted octanol–water partition coefficient (Wildman–Crippen LogP) is 3.60. The van der Waals surface area contributed by atoms with E-state index in [0.717, 1.165) is 22.5 Å². The van der Waals surface area contributed by atoms with Gasteiger partial charge in [0.25, 0.3) is 0 Å². The van der Waals surface area contributed by atoms with Crippen molar-refractivity contribution in [1.82, 2.24) is 4.57 Å². The molecule has 0 atom stereocenters. The second-order valence-corrected chi connectivity index (χ2v) is 2.97. The molecule has 1 aromatic heterocycles. The molecular weight excluding hydrogens is 170 g/mol. The van der Waals surface area contributed by atoms with Crippen molar-refractivity contribution in [2.75, 3.05) is 0 Å². The lowest BCUT2D eigenvalue weighted by Gasteiger charge is -2.00. The standard InChI is InChI=1S/C13H15N/c1-6-10-11(7-2)13(9-4)14(5)12(10)8-3/h6-9H,1-4H2,5H3. The van der Waals surface area contributed by atoms with Crippen molar-refractivity contribution in [3.63, 3.8) is 0 Å². The molecule has 1 aromatic rings. The van der Waals surface area contributed by atoms with Crippen LogP contribution >= 0.6 is 0 Å². The molecule has 1 heteroatoms. The molecule has 0 unspecified atom stereocenters. The minimum Gasteiger partial charge on any atom is -0.344 e. The number of hydrogen-bond donors (Lipinski definition) is 0. The molecule has 0 aliphatic carbocycles. The van der Waals surface area contributed by atoms with Gasteiger partial charge in [-0.25, -0.2) is 0 Å². The van der Waals surface area contributed by atoms with Gasteiger partial charge in [0.1, 0.15) is 0 Å². The summed E-state index contributed by atoms with van der Waals surface area (Å²) < 4.78 is 2.04. The summed E-state index contributed by atoms with van der Waals surface area (Å²) in [4.78, 5) is 0. The molecule has 0 N–H and O–H groups in total. The second kappa shape index (κ2) is 3.97. The fourth-order valence-electron chi connectivity index (χ4n) is 1.69. The normalized spacial score (nSPS) is 9.50. The van der Waals surface area contributed by atoms with Crippen molar-refractivity contribution < 1.29 is 0 Å². The van der Waals surface area contributed by atoms with Gasteiger partial charge >= 0.3 is 0 Å². The van der Waals surface area contributed by atoms with Crippen molar-refractivity contribution in [2.24, 2.45) is 7.05 Å². The van der Waals surface area contributed by atoms with Gasteiger partial charge in [0.2, 0.25) is 0 Å². The first kappa shape index (κ1) is 10.3. The molecule has 0 radical (unpaired) electrons. The van der Waals surface area contributed by atoms with Crippen LogP contribution < -0.4 is 0 Å². The van der Waals surface area contributed by atoms with Crippen molar-refractivity contribution in [1.29, 1.82) is 0 Å². The van der Waals surface area contributed by atoms with E-state index in [0.29, 0.717) is 0 Å². The molecule has 0 aliphatic rings. The van der Waals surface area contributed by atoms with E-state index in [2.05, 4.69) is 26.3 Å². The Kier molecular flexibility index (Phi) is 2.92. The Hall–Kier alpha value is -1.76. The summed E-state index contributed by atoms with van der Waals surface area (Å²) in [7, 11) is 1.98. The maximum atomic E-state index is 3.79. The van der Waals surface area contributed by atoms with Crippen molar-refractivity contribution >= 4 is 24.3 Å². The molecular formula is C13H15N. The van der Waals surface area contributed by atoms with Gasteiger partial charge in [-0.3, -0.25) is 0 Å². The van der Waals surface area contributed by atoms with Crippen molar-refractivity contribution in [3.8, 4) is 0 Å². The SMILES string of the molecule is C=Cc1c(C=C)c(C=C)n(C)c1C=C. The monoisotopic (exact) mass is 185 g/mol. The van der Waals surface area contributed by atoms with Gasteiger partial charge < -0.3 is 4.57 Å². The molecule has 0 aliphatic heterocycles. The quantitative estimate of drug-likeness (QED) is 0.675. The summed E-state index contributed by atoms with van der Waals surface area (Å²) in [6, 6.07) is 0. The van der Waals surface area contributed by atoms with Crippen LogP contribution in [0.25, 0.3) is 24.3 Å². The minimum atomic E-state index is 1.05. The Morgan fingerprint density at radius 3 is 1.36 bits per heavy atom. The van der Waals surface area contributed by atoms with E-state index in [1.807, 2.05) is 35.9 Å². The van der Waals surface area contributed by atoms with Gasteiger partial charge in [-0.1, -0.05) is 38.5 Å². The number of aromatic nitrogens is 1. The van der Waals surface area contributed by atoms with E-state index in [1.54, 1.807) is 0 Å². The zero-order valence-electron chi connectivity index (χ0n) is 8.59. The van der Waals surface area contributed by atoms with E-state index >= 15 is 0 Å². The smallest absolute Gasteiger partial charge is 0.0482 e. The van der Waals surface area contributed by atoms with E-state index in [9.17, 15) is 0 Å². The molecule has 1 nitrogen and oxygen atoms in total. The highest BCUT2D eigenvalue weighted by atomic mass is 15.0. The summed E-state index contributed by atoms with van der Waals surface area (Å²) in [5.41, 5.74) is 4.22. The lowest BCUT2D eigenvalue weighted by Crippen LogP contribution is -1.93. The molecule has 1 heterocycles. The van der Waals surface area contributed by atoms with Gasteiger partial charge in [-0.05, 0) is 12.2 Å². The topological polar surface area (TPSA) is 4.93 Å². The van der Waals surface area contributed by atoms with Crippen LogP contribution in [0, 0.1) is 0 Å². The Balaban J connectivity index is 3.68. The third-order valence-corrected chi connectivity index (χ3v) is 2.36. The van der Waals surface area contributed by atoms with Crippen LogP contribution in [0.3, 0.4) is 0 Å². The highest BCUT2D eigenvalue weighted by molar-refractivity contribution is 5.78. The van der Waals surface area contributed by atoms with E-state index in [4.69, 9.17) is 0 Å². The van der Waals surface area contributed by atoms with Crippen molar-refractivity contribution in [3.05, 3.63) is 48.8 Å². The average Bonchev–Trinajstić information content (AvgIpc) is 2.48. The molecule has 1 rings (SSSR count). The first-order chi connectivity index (χ1) is 6.71. The number of rotatable bonds is 4. The van der Waals surface area contributed by atoms with Gasteiger partial charge in [0.15, 0.2) is 0 Å². The highest BCUT2D eigenvalue weighted by Gasteiger charge is 2.12. The summed E-state index contributed by atoms with van der Waals surface area (Å²) in [5.74, 6) is 0. The molecule has 0 fully saturated rings. The lowest BCUT2D eigenvalue weighted by atomic mass is 10.1. The van der Waals surface area contributed by atoms with E-state index in [1.165, 1.54) is 0 Å². The largest absolute Gasteiger partial charge is 0.344 e. The van der Waals surface area contributed by atoms with Crippen LogP contribution in [0.15, 0.2) is 26.3 Å². The fourth-order valence-corrected chi connectivity index (χ4v) is 1.69. The molecule has 0 aromatic carbocycles. The first-order valence-corrected chi connectivity index (χ1v) is 4.43. The Morgan fingerprint density at radius 1 is 0.786 bits per heavy atom. The maximum absolute atomic E-state index is 3.79. The van der Waals surface area contributed by atoms with Gasteiger partial charge in [-0.2, -0.15) is 0 Å². The summed E-state index contributed by atoms with van der Waals surface area (Å²) in [5, 5.41) is 0. The second-order valence-electron chi connectivity index (χ2n) is 2.97. The lowest BCUT2D eigenvalue weighted by molar-refractivity contribution is 0.901. The predicted molar refractivity (Wildman–Crippen MR) is 65.8 cm³/mol. The zero-order valence-corrected chi connectivity index (χ0v) is 8.59. The summed E-state index contributed by atoms with van der Waals surface area (Å²) in [6.45, 7) is 15.2. The fraction of sp³-hybridized carbons (Fsp3) is 0.0769. The Bertz CT molecular complexity index is 368. The maximum Gasteiger partial charge on any atom is 0.0482 e. The summed E-state index contributed by atoms with van der Waals surface area (Å²) in [6.07, 6.45) is 7.27. The molecule has 72 valence electrons. The van der Waals surface area contributed by atoms with Gasteiger partial charge in [0, 0.05) is 29.6 Å². The molecule has 0 bridgehead atoms. The molecule has 0 saturated carbocycles.